The Balaban J connectivity index is 1.72. The van der Waals surface area contributed by atoms with Crippen LogP contribution in [0.5, 0.6) is 0 Å². The number of nitrogens with one attached hydrogen (secondary N) is 1. The highest BCUT2D eigenvalue weighted by atomic mass is 79.9. The second-order valence-corrected chi connectivity index (χ2v) is 5.43. The van der Waals surface area contributed by atoms with Gasteiger partial charge in [-0.3, -0.25) is 0 Å². The van der Waals surface area contributed by atoms with Crippen LogP contribution in [0.25, 0.3) is 11.5 Å². The Kier molecular flexibility index (Phi) is 3.61. The highest BCUT2D eigenvalue weighted by Crippen LogP contribution is 2.29. The van der Waals surface area contributed by atoms with Crippen molar-refractivity contribution < 1.29 is 8.81 Å². The van der Waals surface area contributed by atoms with Crippen molar-refractivity contribution in [2.45, 2.75) is 25.3 Å². The Morgan fingerprint density at radius 3 is 2.95 bits per heavy atom. The highest BCUT2D eigenvalue weighted by molar-refractivity contribution is 9.10. The average Bonchev–Trinajstić information content (AvgIpc) is 3.08. The molecule has 0 radical (unpaired) electrons. The first-order chi connectivity index (χ1) is 9.24. The summed E-state index contributed by atoms with van der Waals surface area (Å²) >= 11 is 3.29. The molecule has 0 saturated heterocycles. The Morgan fingerprint density at radius 1 is 1.37 bits per heavy atom. The minimum Gasteiger partial charge on any atom is -0.421 e. The van der Waals surface area contributed by atoms with Crippen LogP contribution in [0.15, 0.2) is 27.1 Å². The van der Waals surface area contributed by atoms with Gasteiger partial charge in [-0.25, -0.2) is 4.39 Å². The fourth-order valence-corrected chi connectivity index (χ4v) is 2.34. The van der Waals surface area contributed by atoms with Gasteiger partial charge < -0.3 is 9.73 Å². The number of hydrogen-bond acceptors (Lipinski definition) is 4. The Bertz CT molecular complexity index is 563. The average molecular weight is 326 g/mol. The maximum Gasteiger partial charge on any atom is 0.251 e. The third-order valence-corrected chi connectivity index (χ3v) is 3.65. The van der Waals surface area contributed by atoms with E-state index < -0.39 is 0 Å². The molecule has 0 amide bonds. The molecule has 0 atom stereocenters. The van der Waals surface area contributed by atoms with Crippen molar-refractivity contribution in [3.8, 4) is 11.5 Å². The Labute approximate surface area is 118 Å². The van der Waals surface area contributed by atoms with E-state index in [9.17, 15) is 4.39 Å². The van der Waals surface area contributed by atoms with E-state index in [1.165, 1.54) is 18.9 Å². The molecule has 2 aromatic rings. The fraction of sp³-hybridized carbons (Fsp3) is 0.385. The molecule has 0 unspecified atom stereocenters. The Hall–Kier alpha value is -1.27. The summed E-state index contributed by atoms with van der Waals surface area (Å²) in [6.45, 7) is 0.810. The predicted octanol–water partition coefficient (Wildman–Crippen LogP) is 2.93. The van der Waals surface area contributed by atoms with Gasteiger partial charge >= 0.3 is 0 Å². The van der Waals surface area contributed by atoms with E-state index in [0.717, 1.165) is 6.54 Å². The van der Waals surface area contributed by atoms with Crippen LogP contribution in [0, 0.1) is 5.82 Å². The molecule has 0 bridgehead atoms. The van der Waals surface area contributed by atoms with Crippen LogP contribution in [-0.2, 0) is 6.42 Å². The summed E-state index contributed by atoms with van der Waals surface area (Å²) in [6, 6.07) is 5.40. The summed E-state index contributed by atoms with van der Waals surface area (Å²) in [4.78, 5) is 0. The first kappa shape index (κ1) is 12.7. The zero-order valence-electron chi connectivity index (χ0n) is 10.2. The molecule has 6 heteroatoms. The van der Waals surface area contributed by atoms with Crippen molar-refractivity contribution >= 4 is 15.9 Å². The molecule has 3 rings (SSSR count). The standard InChI is InChI=1S/C13H13BrFN3O/c14-9-2-1-3-10(15)12(9)13-18-17-11(19-13)6-7-16-8-4-5-8/h1-3,8,16H,4-7H2. The smallest absolute Gasteiger partial charge is 0.251 e. The normalized spacial score (nSPS) is 14.8. The van der Waals surface area contributed by atoms with E-state index in [0.29, 0.717) is 28.4 Å². The number of benzene rings is 1. The van der Waals surface area contributed by atoms with E-state index >= 15 is 0 Å². The van der Waals surface area contributed by atoms with E-state index in [1.807, 2.05) is 0 Å². The molecule has 0 aliphatic heterocycles. The zero-order valence-corrected chi connectivity index (χ0v) is 11.8. The van der Waals surface area contributed by atoms with Crippen LogP contribution in [-0.4, -0.2) is 22.8 Å². The molecular weight excluding hydrogens is 313 g/mol. The van der Waals surface area contributed by atoms with E-state index in [-0.39, 0.29) is 11.7 Å². The lowest BCUT2D eigenvalue weighted by molar-refractivity contribution is 0.490. The monoisotopic (exact) mass is 325 g/mol. The van der Waals surface area contributed by atoms with Crippen LogP contribution in [0.4, 0.5) is 4.39 Å². The molecule has 1 N–H and O–H groups in total. The van der Waals surface area contributed by atoms with Crippen LogP contribution < -0.4 is 5.32 Å². The molecule has 1 aliphatic rings. The van der Waals surface area contributed by atoms with Gasteiger partial charge in [0.25, 0.3) is 5.89 Å². The first-order valence-corrected chi connectivity index (χ1v) is 7.03. The van der Waals surface area contributed by atoms with Crippen molar-refractivity contribution in [2.75, 3.05) is 6.54 Å². The molecule has 1 aromatic carbocycles. The van der Waals surface area contributed by atoms with Gasteiger partial charge in [0.2, 0.25) is 5.89 Å². The topological polar surface area (TPSA) is 51.0 Å². The summed E-state index contributed by atoms with van der Waals surface area (Å²) in [5.74, 6) is 0.366. The first-order valence-electron chi connectivity index (χ1n) is 6.24. The number of rotatable bonds is 5. The van der Waals surface area contributed by atoms with Crippen LogP contribution in [0.1, 0.15) is 18.7 Å². The predicted molar refractivity (Wildman–Crippen MR) is 72.1 cm³/mol. The molecule has 100 valence electrons. The number of aromatic nitrogens is 2. The maximum atomic E-state index is 13.7. The van der Waals surface area contributed by atoms with Gasteiger partial charge in [0, 0.05) is 23.5 Å². The van der Waals surface area contributed by atoms with Crippen molar-refractivity contribution in [3.63, 3.8) is 0 Å². The fourth-order valence-electron chi connectivity index (χ4n) is 1.83. The minimum atomic E-state index is -0.374. The van der Waals surface area contributed by atoms with Crippen LogP contribution in [0.2, 0.25) is 0 Å². The third kappa shape index (κ3) is 3.01. The molecule has 1 heterocycles. The Morgan fingerprint density at radius 2 is 2.21 bits per heavy atom. The van der Waals surface area contributed by atoms with Crippen molar-refractivity contribution in [3.05, 3.63) is 34.4 Å². The van der Waals surface area contributed by atoms with Gasteiger partial charge in [-0.05, 0) is 40.9 Å². The highest BCUT2D eigenvalue weighted by Gasteiger charge is 2.20. The largest absolute Gasteiger partial charge is 0.421 e. The number of halogens is 2. The SMILES string of the molecule is Fc1cccc(Br)c1-c1nnc(CCNC2CC2)o1. The molecule has 0 spiro atoms. The lowest BCUT2D eigenvalue weighted by Crippen LogP contribution is -2.19. The molecule has 1 saturated carbocycles. The molecule has 1 fully saturated rings. The third-order valence-electron chi connectivity index (χ3n) is 2.99. The number of nitrogens with zero attached hydrogens (tertiary/aromatic N) is 2. The quantitative estimate of drug-likeness (QED) is 0.918. The van der Waals surface area contributed by atoms with Gasteiger partial charge in [-0.2, -0.15) is 0 Å². The van der Waals surface area contributed by atoms with Gasteiger partial charge in [-0.15, -0.1) is 10.2 Å². The molecule has 4 nitrogen and oxygen atoms in total. The summed E-state index contributed by atoms with van der Waals surface area (Å²) in [6.07, 6.45) is 3.16. The summed E-state index contributed by atoms with van der Waals surface area (Å²) in [5.41, 5.74) is 0.316. The molecule has 19 heavy (non-hydrogen) atoms. The summed E-state index contributed by atoms with van der Waals surface area (Å²) in [5, 5.41) is 11.2. The van der Waals surface area contributed by atoms with Gasteiger partial charge in [0.05, 0.1) is 5.56 Å². The summed E-state index contributed by atoms with van der Waals surface area (Å²) in [7, 11) is 0. The van der Waals surface area contributed by atoms with E-state index in [2.05, 4.69) is 31.4 Å². The summed E-state index contributed by atoms with van der Waals surface area (Å²) < 4.78 is 19.9. The van der Waals surface area contributed by atoms with Crippen molar-refractivity contribution in [1.29, 1.82) is 0 Å². The van der Waals surface area contributed by atoms with Gasteiger partial charge in [0.1, 0.15) is 5.82 Å². The zero-order chi connectivity index (χ0) is 13.2. The maximum absolute atomic E-state index is 13.7. The molecule has 1 aromatic heterocycles. The lowest BCUT2D eigenvalue weighted by Gasteiger charge is -2.00. The second-order valence-electron chi connectivity index (χ2n) is 4.58. The molecular formula is C13H13BrFN3O. The van der Waals surface area contributed by atoms with Crippen molar-refractivity contribution in [1.82, 2.24) is 15.5 Å². The van der Waals surface area contributed by atoms with E-state index in [4.69, 9.17) is 4.42 Å². The number of hydrogen-bond donors (Lipinski definition) is 1. The van der Waals surface area contributed by atoms with Gasteiger partial charge in [0.15, 0.2) is 0 Å². The van der Waals surface area contributed by atoms with Crippen LogP contribution >= 0.6 is 15.9 Å². The minimum absolute atomic E-state index is 0.214. The van der Waals surface area contributed by atoms with Crippen LogP contribution in [0.3, 0.4) is 0 Å². The lowest BCUT2D eigenvalue weighted by atomic mass is 10.2. The van der Waals surface area contributed by atoms with Gasteiger partial charge in [-0.1, -0.05) is 6.07 Å². The van der Waals surface area contributed by atoms with E-state index in [1.54, 1.807) is 12.1 Å². The molecule has 1 aliphatic carbocycles. The van der Waals surface area contributed by atoms with Crippen molar-refractivity contribution in [2.24, 2.45) is 0 Å². The second kappa shape index (κ2) is 5.38.